The van der Waals surface area contributed by atoms with Crippen molar-refractivity contribution in [3.05, 3.63) is 22.8 Å². The Balaban J connectivity index is 2.12. The molecule has 1 amide bonds. The molecule has 2 aromatic rings. The molecule has 2 heterocycles. The van der Waals surface area contributed by atoms with Crippen molar-refractivity contribution < 1.29 is 22.7 Å². The number of amides is 1. The van der Waals surface area contributed by atoms with Crippen molar-refractivity contribution in [2.75, 3.05) is 20.3 Å². The lowest BCUT2D eigenvalue weighted by Crippen LogP contribution is -2.25. The third kappa shape index (κ3) is 4.65. The van der Waals surface area contributed by atoms with Crippen LogP contribution < -0.4 is 5.32 Å². The van der Waals surface area contributed by atoms with Crippen molar-refractivity contribution in [3.8, 4) is 0 Å². The van der Waals surface area contributed by atoms with Crippen LogP contribution in [0.1, 0.15) is 35.6 Å². The number of alkyl halides is 3. The fourth-order valence-corrected chi connectivity index (χ4v) is 2.46. The molecule has 10 heteroatoms. The van der Waals surface area contributed by atoms with Crippen molar-refractivity contribution in [2.24, 2.45) is 0 Å². The Hall–Kier alpha value is -2.23. The van der Waals surface area contributed by atoms with Gasteiger partial charge in [-0.05, 0) is 32.3 Å². The number of carbonyl (C=O) groups is 1. The van der Waals surface area contributed by atoms with Crippen molar-refractivity contribution in [1.82, 2.24) is 24.9 Å². The topological polar surface area (TPSA) is 81.4 Å². The summed E-state index contributed by atoms with van der Waals surface area (Å²) in [5.41, 5.74) is 1.73. The molecule has 0 aromatic carbocycles. The molecule has 0 bridgehead atoms. The minimum atomic E-state index is -4.63. The number of carbonyl (C=O) groups excluding carboxylic acids is 1. The highest BCUT2D eigenvalue weighted by Gasteiger charge is 2.36. The van der Waals surface area contributed by atoms with Gasteiger partial charge in [0.15, 0.2) is 0 Å². The van der Waals surface area contributed by atoms with Crippen LogP contribution in [-0.4, -0.2) is 45.8 Å². The number of hydrogen-bond acceptors (Lipinski definition) is 5. The molecule has 0 radical (unpaired) electrons. The van der Waals surface area contributed by atoms with E-state index in [0.717, 1.165) is 4.52 Å². The van der Waals surface area contributed by atoms with E-state index in [9.17, 15) is 18.0 Å². The van der Waals surface area contributed by atoms with Crippen molar-refractivity contribution in [3.63, 3.8) is 0 Å². The number of halogens is 3. The fraction of sp³-hybridized carbons (Fsp3) is 0.600. The van der Waals surface area contributed by atoms with Gasteiger partial charge in [-0.2, -0.15) is 18.2 Å². The minimum absolute atomic E-state index is 0.102. The number of nitrogens with zero attached hydrogens (tertiary/aromatic N) is 4. The number of nitrogens with one attached hydrogen (secondary N) is 1. The first-order valence-electron chi connectivity index (χ1n) is 7.79. The first-order chi connectivity index (χ1) is 11.7. The number of aromatic nitrogens is 4. The van der Waals surface area contributed by atoms with Crippen LogP contribution in [0.3, 0.4) is 0 Å². The lowest BCUT2D eigenvalue weighted by atomic mass is 10.1. The zero-order valence-electron chi connectivity index (χ0n) is 14.3. The van der Waals surface area contributed by atoms with Crippen LogP contribution in [0.15, 0.2) is 0 Å². The van der Waals surface area contributed by atoms with Gasteiger partial charge in [0.05, 0.1) is 0 Å². The summed E-state index contributed by atoms with van der Waals surface area (Å²) >= 11 is 0. The largest absolute Gasteiger partial charge is 0.453 e. The Labute approximate surface area is 142 Å². The summed E-state index contributed by atoms with van der Waals surface area (Å²) in [6.45, 7) is 4.40. The van der Waals surface area contributed by atoms with Gasteiger partial charge >= 0.3 is 6.18 Å². The van der Waals surface area contributed by atoms with Crippen LogP contribution >= 0.6 is 0 Å². The lowest BCUT2D eigenvalue weighted by molar-refractivity contribution is -0.144. The lowest BCUT2D eigenvalue weighted by Gasteiger charge is -2.10. The van der Waals surface area contributed by atoms with Gasteiger partial charge in [0.2, 0.25) is 5.91 Å². The number of methoxy groups -OCH3 is 1. The van der Waals surface area contributed by atoms with Gasteiger partial charge in [-0.25, -0.2) is 9.50 Å². The molecule has 2 rings (SSSR count). The average Bonchev–Trinajstić information content (AvgIpc) is 2.95. The standard InChI is InChI=1S/C15H20F3N5O2/c1-9-11(5-6-12(24)19-7-4-8-25-3)10(2)23-14(20-9)21-13(22-23)15(16,17)18/h4-8H2,1-3H3,(H,19,24). The Morgan fingerprint density at radius 3 is 2.64 bits per heavy atom. The molecular formula is C15H20F3N5O2. The molecule has 0 atom stereocenters. The van der Waals surface area contributed by atoms with E-state index in [1.807, 2.05) is 0 Å². The third-order valence-corrected chi connectivity index (χ3v) is 3.75. The van der Waals surface area contributed by atoms with Gasteiger partial charge in [0, 0.05) is 38.1 Å². The molecule has 0 fully saturated rings. The average molecular weight is 359 g/mol. The van der Waals surface area contributed by atoms with Crippen LogP contribution in [0, 0.1) is 13.8 Å². The normalized spacial score (nSPS) is 11.9. The van der Waals surface area contributed by atoms with E-state index >= 15 is 0 Å². The molecule has 0 spiro atoms. The fourth-order valence-electron chi connectivity index (χ4n) is 2.46. The number of hydrogen-bond donors (Lipinski definition) is 1. The molecular weight excluding hydrogens is 339 g/mol. The van der Waals surface area contributed by atoms with Gasteiger partial charge in [-0.3, -0.25) is 4.79 Å². The minimum Gasteiger partial charge on any atom is -0.385 e. The summed E-state index contributed by atoms with van der Waals surface area (Å²) in [4.78, 5) is 19.3. The highest BCUT2D eigenvalue weighted by Crippen LogP contribution is 2.27. The molecule has 7 nitrogen and oxygen atoms in total. The SMILES string of the molecule is COCCCNC(=O)CCc1c(C)nc2nc(C(F)(F)F)nn2c1C. The monoisotopic (exact) mass is 359 g/mol. The van der Waals surface area contributed by atoms with E-state index < -0.39 is 12.0 Å². The second kappa shape index (κ2) is 7.77. The van der Waals surface area contributed by atoms with E-state index in [2.05, 4.69) is 20.4 Å². The molecule has 0 aliphatic heterocycles. The Morgan fingerprint density at radius 2 is 2.00 bits per heavy atom. The second-order valence-electron chi connectivity index (χ2n) is 5.60. The van der Waals surface area contributed by atoms with Gasteiger partial charge in [-0.15, -0.1) is 5.10 Å². The summed E-state index contributed by atoms with van der Waals surface area (Å²) in [7, 11) is 1.59. The van der Waals surface area contributed by atoms with Gasteiger partial charge in [0.25, 0.3) is 11.6 Å². The molecule has 2 aromatic heterocycles. The predicted molar refractivity (Wildman–Crippen MR) is 83.1 cm³/mol. The number of ether oxygens (including phenoxy) is 1. The van der Waals surface area contributed by atoms with Crippen LogP contribution in [-0.2, 0) is 22.1 Å². The van der Waals surface area contributed by atoms with E-state index in [1.165, 1.54) is 0 Å². The third-order valence-electron chi connectivity index (χ3n) is 3.75. The van der Waals surface area contributed by atoms with Crippen LogP contribution in [0.4, 0.5) is 13.2 Å². The number of aryl methyl sites for hydroxylation is 2. The van der Waals surface area contributed by atoms with E-state index in [0.29, 0.717) is 42.9 Å². The Bertz CT molecular complexity index is 758. The van der Waals surface area contributed by atoms with Crippen molar-refractivity contribution >= 4 is 11.7 Å². The molecule has 25 heavy (non-hydrogen) atoms. The molecule has 0 saturated carbocycles. The van der Waals surface area contributed by atoms with E-state index in [4.69, 9.17) is 4.74 Å². The first-order valence-corrected chi connectivity index (χ1v) is 7.79. The molecule has 0 aliphatic carbocycles. The molecule has 0 unspecified atom stereocenters. The summed E-state index contributed by atoms with van der Waals surface area (Å²) in [5, 5.41) is 6.25. The van der Waals surface area contributed by atoms with Crippen LogP contribution in [0.2, 0.25) is 0 Å². The smallest absolute Gasteiger partial charge is 0.385 e. The first kappa shape index (κ1) is 19.1. The van der Waals surface area contributed by atoms with Gasteiger partial charge in [-0.1, -0.05) is 0 Å². The highest BCUT2D eigenvalue weighted by atomic mass is 19.4. The van der Waals surface area contributed by atoms with Crippen LogP contribution in [0.25, 0.3) is 5.78 Å². The van der Waals surface area contributed by atoms with E-state index in [-0.39, 0.29) is 18.1 Å². The summed E-state index contributed by atoms with van der Waals surface area (Å²) < 4.78 is 44.2. The molecule has 0 aliphatic rings. The Morgan fingerprint density at radius 1 is 1.28 bits per heavy atom. The van der Waals surface area contributed by atoms with E-state index in [1.54, 1.807) is 21.0 Å². The van der Waals surface area contributed by atoms with Gasteiger partial charge in [0.1, 0.15) is 0 Å². The molecule has 138 valence electrons. The van der Waals surface area contributed by atoms with Crippen molar-refractivity contribution in [1.29, 1.82) is 0 Å². The zero-order chi connectivity index (χ0) is 18.6. The number of fused-ring (bicyclic) bond motifs is 1. The zero-order valence-corrected chi connectivity index (χ0v) is 14.3. The maximum Gasteiger partial charge on any atom is 0.453 e. The highest BCUT2D eigenvalue weighted by molar-refractivity contribution is 5.76. The van der Waals surface area contributed by atoms with Crippen molar-refractivity contribution in [2.45, 2.75) is 39.3 Å². The number of rotatable bonds is 7. The predicted octanol–water partition coefficient (Wildman–Crippen LogP) is 1.85. The van der Waals surface area contributed by atoms with Gasteiger partial charge < -0.3 is 10.1 Å². The maximum absolute atomic E-state index is 12.8. The molecule has 0 saturated heterocycles. The summed E-state index contributed by atoms with van der Waals surface area (Å²) in [6.07, 6.45) is -3.34. The maximum atomic E-state index is 12.8. The van der Waals surface area contributed by atoms with Crippen LogP contribution in [0.5, 0.6) is 0 Å². The molecule has 1 N–H and O–H groups in total. The quantitative estimate of drug-likeness (QED) is 0.763. The summed E-state index contributed by atoms with van der Waals surface area (Å²) in [6, 6.07) is 0. The summed E-state index contributed by atoms with van der Waals surface area (Å²) in [5.74, 6) is -1.46. The second-order valence-corrected chi connectivity index (χ2v) is 5.60. The Kier molecular flexibility index (Phi) is 5.93.